The Balaban J connectivity index is 1.69. The van der Waals surface area contributed by atoms with Gasteiger partial charge in [-0.3, -0.25) is 4.68 Å². The molecule has 0 N–H and O–H groups in total. The average Bonchev–Trinajstić information content (AvgIpc) is 3.38. The van der Waals surface area contributed by atoms with E-state index in [0.29, 0.717) is 34.2 Å². The lowest BCUT2D eigenvalue weighted by atomic mass is 10.2. The van der Waals surface area contributed by atoms with E-state index in [1.807, 2.05) is 19.0 Å². The Morgan fingerprint density at radius 3 is 2.62 bits per heavy atom. The highest BCUT2D eigenvalue weighted by molar-refractivity contribution is 5.63. The minimum atomic E-state index is -0.296. The van der Waals surface area contributed by atoms with Gasteiger partial charge in [-0.15, -0.1) is 0 Å². The van der Waals surface area contributed by atoms with Crippen molar-refractivity contribution in [3.05, 3.63) is 66.4 Å². The molecule has 4 aromatic rings. The van der Waals surface area contributed by atoms with Gasteiger partial charge in [-0.1, -0.05) is 23.4 Å². The van der Waals surface area contributed by atoms with Crippen LogP contribution in [-0.4, -0.2) is 50.2 Å². The zero-order valence-electron chi connectivity index (χ0n) is 15.9. The lowest BCUT2D eigenvalue weighted by molar-refractivity contribution is 0.421. The van der Waals surface area contributed by atoms with Crippen LogP contribution in [0.25, 0.3) is 22.9 Å². The van der Waals surface area contributed by atoms with Crippen molar-refractivity contribution in [3.8, 4) is 22.9 Å². The molecule has 4 rings (SSSR count). The molecule has 146 valence electrons. The Morgan fingerprint density at radius 1 is 1.14 bits per heavy atom. The fourth-order valence-corrected chi connectivity index (χ4v) is 2.69. The van der Waals surface area contributed by atoms with Gasteiger partial charge in [-0.05, 0) is 12.1 Å². The number of halogens is 1. The molecular formula is C20H18FN7O. The second kappa shape index (κ2) is 8.01. The van der Waals surface area contributed by atoms with Crippen molar-refractivity contribution >= 4 is 12.0 Å². The summed E-state index contributed by atoms with van der Waals surface area (Å²) in [6, 6.07) is 10.1. The summed E-state index contributed by atoms with van der Waals surface area (Å²) in [4.78, 5) is 14.8. The zero-order chi connectivity index (χ0) is 20.2. The highest BCUT2D eigenvalue weighted by atomic mass is 19.1. The Hall–Kier alpha value is -3.88. The van der Waals surface area contributed by atoms with Gasteiger partial charge in [0.25, 0.3) is 0 Å². The van der Waals surface area contributed by atoms with Crippen LogP contribution < -0.4 is 0 Å². The van der Waals surface area contributed by atoms with Crippen LogP contribution in [0.4, 0.5) is 10.1 Å². The lowest BCUT2D eigenvalue weighted by Crippen LogP contribution is -2.07. The molecule has 0 amide bonds. The maximum absolute atomic E-state index is 14.1. The number of hydrogen-bond acceptors (Lipinski definition) is 6. The van der Waals surface area contributed by atoms with E-state index in [1.54, 1.807) is 53.7 Å². The number of nitrogens with zero attached hydrogens (tertiary/aromatic N) is 7. The third kappa shape index (κ3) is 4.18. The van der Waals surface area contributed by atoms with Gasteiger partial charge in [0.15, 0.2) is 5.82 Å². The predicted octanol–water partition coefficient (Wildman–Crippen LogP) is 3.40. The van der Waals surface area contributed by atoms with Crippen molar-refractivity contribution in [3.63, 3.8) is 0 Å². The first-order valence-corrected chi connectivity index (χ1v) is 8.85. The molecule has 1 aromatic carbocycles. The molecule has 3 aromatic heterocycles. The Labute approximate surface area is 166 Å². The van der Waals surface area contributed by atoms with Gasteiger partial charge in [0.05, 0.1) is 31.0 Å². The molecule has 0 saturated carbocycles. The van der Waals surface area contributed by atoms with E-state index in [2.05, 4.69) is 25.2 Å². The maximum Gasteiger partial charge on any atom is 0.180 e. The van der Waals surface area contributed by atoms with Crippen LogP contribution in [0.1, 0.15) is 5.56 Å². The molecule has 0 aliphatic rings. The normalized spacial score (nSPS) is 11.3. The van der Waals surface area contributed by atoms with Crippen LogP contribution in [0.15, 0.2) is 64.6 Å². The van der Waals surface area contributed by atoms with E-state index in [9.17, 15) is 4.39 Å². The largest absolute Gasteiger partial charge is 0.369 e. The summed E-state index contributed by atoms with van der Waals surface area (Å²) < 4.78 is 20.8. The number of benzene rings is 1. The summed E-state index contributed by atoms with van der Waals surface area (Å²) in [7, 11) is 3.76. The molecule has 0 fully saturated rings. The number of rotatable bonds is 6. The molecule has 0 bridgehead atoms. The van der Waals surface area contributed by atoms with Crippen molar-refractivity contribution in [1.82, 2.24) is 29.8 Å². The number of aliphatic imine (C=N–C) groups is 1. The van der Waals surface area contributed by atoms with E-state index in [0.717, 1.165) is 0 Å². The van der Waals surface area contributed by atoms with Crippen molar-refractivity contribution in [1.29, 1.82) is 0 Å². The molecule has 29 heavy (non-hydrogen) atoms. The second-order valence-electron chi connectivity index (χ2n) is 6.52. The van der Waals surface area contributed by atoms with Crippen LogP contribution in [-0.2, 0) is 6.54 Å². The molecule has 0 atom stereocenters. The van der Waals surface area contributed by atoms with Gasteiger partial charge < -0.3 is 9.42 Å². The van der Waals surface area contributed by atoms with E-state index in [-0.39, 0.29) is 12.4 Å². The number of aromatic nitrogens is 5. The Bertz CT molecular complexity index is 1120. The Morgan fingerprint density at radius 2 is 1.93 bits per heavy atom. The quantitative estimate of drug-likeness (QED) is 0.370. The molecule has 0 saturated heterocycles. The topological polar surface area (TPSA) is 85.2 Å². The average molecular weight is 391 g/mol. The summed E-state index contributed by atoms with van der Waals surface area (Å²) in [6.45, 7) is 0.236. The molecule has 0 spiro atoms. The van der Waals surface area contributed by atoms with Crippen molar-refractivity contribution in [2.24, 2.45) is 4.99 Å². The van der Waals surface area contributed by atoms with Gasteiger partial charge in [-0.25, -0.2) is 19.4 Å². The first-order valence-electron chi connectivity index (χ1n) is 8.85. The maximum atomic E-state index is 14.1. The first-order chi connectivity index (χ1) is 14.1. The van der Waals surface area contributed by atoms with Gasteiger partial charge in [0.2, 0.25) is 0 Å². The fraction of sp³-hybridized carbons (Fsp3) is 0.150. The minimum absolute atomic E-state index is 0.236. The van der Waals surface area contributed by atoms with E-state index in [4.69, 9.17) is 4.52 Å². The van der Waals surface area contributed by atoms with Gasteiger partial charge in [-0.2, -0.15) is 5.10 Å². The summed E-state index contributed by atoms with van der Waals surface area (Å²) >= 11 is 0. The van der Waals surface area contributed by atoms with Crippen LogP contribution in [0.3, 0.4) is 0 Å². The van der Waals surface area contributed by atoms with E-state index >= 15 is 0 Å². The molecule has 0 unspecified atom stereocenters. The van der Waals surface area contributed by atoms with Crippen molar-refractivity contribution in [2.45, 2.75) is 6.54 Å². The summed E-state index contributed by atoms with van der Waals surface area (Å²) in [6.07, 6.45) is 6.38. The second-order valence-corrected chi connectivity index (χ2v) is 6.52. The highest BCUT2D eigenvalue weighted by Crippen LogP contribution is 2.25. The van der Waals surface area contributed by atoms with Gasteiger partial charge in [0.1, 0.15) is 29.2 Å². The van der Waals surface area contributed by atoms with Crippen molar-refractivity contribution in [2.75, 3.05) is 14.1 Å². The SMILES string of the molecule is CN(C)/C=N/c1cnc(-c2cc(-c3ccon3)n(Cc3ccccc3F)n2)nc1. The lowest BCUT2D eigenvalue weighted by Gasteiger charge is -2.06. The third-order valence-electron chi connectivity index (χ3n) is 4.06. The van der Waals surface area contributed by atoms with Gasteiger partial charge >= 0.3 is 0 Å². The molecule has 8 nitrogen and oxygen atoms in total. The standard InChI is InChI=1S/C20H18FN7O/c1-27(2)13-24-15-10-22-20(23-11-15)18-9-19(17-7-8-29-26-17)28(25-18)12-14-5-3-4-6-16(14)21/h3-11,13H,12H2,1-2H3/b24-13+. The fourth-order valence-electron chi connectivity index (χ4n) is 2.69. The van der Waals surface area contributed by atoms with Crippen LogP contribution in [0, 0.1) is 5.82 Å². The minimum Gasteiger partial charge on any atom is -0.369 e. The smallest absolute Gasteiger partial charge is 0.180 e. The summed E-state index contributed by atoms with van der Waals surface area (Å²) in [5, 5.41) is 8.55. The monoisotopic (exact) mass is 391 g/mol. The summed E-state index contributed by atoms with van der Waals surface area (Å²) in [5.41, 5.74) is 2.95. The number of hydrogen-bond donors (Lipinski definition) is 0. The van der Waals surface area contributed by atoms with Gasteiger partial charge in [0, 0.05) is 25.7 Å². The van der Waals surface area contributed by atoms with E-state index in [1.165, 1.54) is 12.3 Å². The zero-order valence-corrected chi connectivity index (χ0v) is 15.9. The molecule has 0 aliphatic carbocycles. The van der Waals surface area contributed by atoms with Crippen LogP contribution in [0.5, 0.6) is 0 Å². The van der Waals surface area contributed by atoms with E-state index < -0.39 is 0 Å². The molecule has 9 heteroatoms. The molecular weight excluding hydrogens is 373 g/mol. The third-order valence-corrected chi connectivity index (χ3v) is 4.06. The predicted molar refractivity (Wildman–Crippen MR) is 106 cm³/mol. The molecule has 0 radical (unpaired) electrons. The molecule has 3 heterocycles. The molecule has 0 aliphatic heterocycles. The first kappa shape index (κ1) is 18.5. The van der Waals surface area contributed by atoms with Crippen LogP contribution >= 0.6 is 0 Å². The Kier molecular flexibility index (Phi) is 5.10. The summed E-state index contributed by atoms with van der Waals surface area (Å²) in [5.74, 6) is 0.140. The highest BCUT2D eigenvalue weighted by Gasteiger charge is 2.16. The van der Waals surface area contributed by atoms with Crippen LogP contribution in [0.2, 0.25) is 0 Å². The van der Waals surface area contributed by atoms with Crippen molar-refractivity contribution < 1.29 is 8.91 Å².